The molecule has 2 aromatic heterocycles. The first kappa shape index (κ1) is 14.7. The first-order valence-electron chi connectivity index (χ1n) is 7.29. The predicted molar refractivity (Wildman–Crippen MR) is 92.4 cm³/mol. The van der Waals surface area contributed by atoms with Gasteiger partial charge >= 0.3 is 0 Å². The summed E-state index contributed by atoms with van der Waals surface area (Å²) >= 11 is 1.78. The van der Waals surface area contributed by atoms with Gasteiger partial charge in [-0.15, -0.1) is 11.3 Å². The molecule has 2 heterocycles. The summed E-state index contributed by atoms with van der Waals surface area (Å²) in [6.45, 7) is 1.48. The van der Waals surface area contributed by atoms with E-state index in [1.165, 1.54) is 4.88 Å². The minimum atomic E-state index is 0.618. The molecule has 0 amide bonds. The summed E-state index contributed by atoms with van der Waals surface area (Å²) in [5, 5.41) is 9.82. The third kappa shape index (κ3) is 3.68. The zero-order chi connectivity index (χ0) is 15.2. The quantitative estimate of drug-likeness (QED) is 0.560. The Labute approximate surface area is 133 Å². The molecule has 0 fully saturated rings. The molecule has 0 aliphatic heterocycles. The Bertz CT molecular complexity index is 713. The maximum Gasteiger partial charge on any atom is 0.191 e. The van der Waals surface area contributed by atoms with Gasteiger partial charge in [0.15, 0.2) is 5.96 Å². The van der Waals surface area contributed by atoms with Crippen molar-refractivity contribution in [2.45, 2.75) is 13.0 Å². The zero-order valence-corrected chi connectivity index (χ0v) is 13.3. The van der Waals surface area contributed by atoms with Crippen LogP contribution >= 0.6 is 11.3 Å². The Morgan fingerprint density at radius 1 is 1.18 bits per heavy atom. The SMILES string of the molecule is CN=C(NCCc1cccs1)NCc1cc2ccccc2o1. The molecule has 4 nitrogen and oxygen atoms in total. The number of guanidine groups is 1. The van der Waals surface area contributed by atoms with Gasteiger partial charge in [-0.25, -0.2) is 0 Å². The summed E-state index contributed by atoms with van der Waals surface area (Å²) in [4.78, 5) is 5.61. The molecule has 3 aromatic rings. The van der Waals surface area contributed by atoms with Crippen LogP contribution in [0.2, 0.25) is 0 Å². The monoisotopic (exact) mass is 313 g/mol. The molecule has 0 atom stereocenters. The highest BCUT2D eigenvalue weighted by Crippen LogP contribution is 2.18. The molecule has 114 valence electrons. The van der Waals surface area contributed by atoms with Gasteiger partial charge in [0.1, 0.15) is 11.3 Å². The Kier molecular flexibility index (Phi) is 4.75. The van der Waals surface area contributed by atoms with E-state index in [0.29, 0.717) is 6.54 Å². The number of nitrogens with one attached hydrogen (secondary N) is 2. The Morgan fingerprint density at radius 3 is 2.86 bits per heavy atom. The number of thiophene rings is 1. The van der Waals surface area contributed by atoms with Gasteiger partial charge in [0.25, 0.3) is 0 Å². The number of hydrogen-bond acceptors (Lipinski definition) is 3. The van der Waals surface area contributed by atoms with Crippen LogP contribution < -0.4 is 10.6 Å². The van der Waals surface area contributed by atoms with Gasteiger partial charge in [-0.05, 0) is 30.0 Å². The second kappa shape index (κ2) is 7.13. The van der Waals surface area contributed by atoms with E-state index in [0.717, 1.165) is 35.7 Å². The minimum absolute atomic E-state index is 0.618. The van der Waals surface area contributed by atoms with Crippen molar-refractivity contribution >= 4 is 28.3 Å². The summed E-state index contributed by atoms with van der Waals surface area (Å²) in [5.41, 5.74) is 0.917. The summed E-state index contributed by atoms with van der Waals surface area (Å²) in [5.74, 6) is 1.69. The van der Waals surface area contributed by atoms with Crippen molar-refractivity contribution in [1.29, 1.82) is 0 Å². The first-order chi connectivity index (χ1) is 10.8. The maximum atomic E-state index is 5.78. The van der Waals surface area contributed by atoms with Crippen LogP contribution in [0.1, 0.15) is 10.6 Å². The molecule has 22 heavy (non-hydrogen) atoms. The molecular formula is C17H19N3OS. The molecule has 2 N–H and O–H groups in total. The van der Waals surface area contributed by atoms with Crippen molar-refractivity contribution < 1.29 is 4.42 Å². The molecule has 0 saturated heterocycles. The van der Waals surface area contributed by atoms with Crippen molar-refractivity contribution in [3.63, 3.8) is 0 Å². The smallest absolute Gasteiger partial charge is 0.191 e. The van der Waals surface area contributed by atoms with Crippen LogP contribution in [0, 0.1) is 0 Å². The van der Waals surface area contributed by atoms with Crippen LogP contribution in [0.5, 0.6) is 0 Å². The summed E-state index contributed by atoms with van der Waals surface area (Å²) in [6.07, 6.45) is 1.00. The van der Waals surface area contributed by atoms with E-state index in [-0.39, 0.29) is 0 Å². The normalized spacial score (nSPS) is 11.8. The average Bonchev–Trinajstić information content (AvgIpc) is 3.19. The predicted octanol–water partition coefficient (Wildman–Crippen LogP) is 3.40. The van der Waals surface area contributed by atoms with Crippen LogP contribution in [-0.2, 0) is 13.0 Å². The van der Waals surface area contributed by atoms with Crippen molar-refractivity contribution in [3.8, 4) is 0 Å². The number of fused-ring (bicyclic) bond motifs is 1. The second-order valence-electron chi connectivity index (χ2n) is 4.93. The lowest BCUT2D eigenvalue weighted by Gasteiger charge is -2.10. The highest BCUT2D eigenvalue weighted by molar-refractivity contribution is 7.09. The van der Waals surface area contributed by atoms with E-state index in [2.05, 4.69) is 45.3 Å². The summed E-state index contributed by atoms with van der Waals surface area (Å²) in [6, 6.07) is 14.3. The number of hydrogen-bond donors (Lipinski definition) is 2. The van der Waals surface area contributed by atoms with Gasteiger partial charge in [-0.3, -0.25) is 4.99 Å². The Hall–Kier alpha value is -2.27. The molecule has 0 radical (unpaired) electrons. The molecule has 0 spiro atoms. The van der Waals surface area contributed by atoms with Crippen LogP contribution in [-0.4, -0.2) is 19.6 Å². The van der Waals surface area contributed by atoms with Gasteiger partial charge in [-0.1, -0.05) is 24.3 Å². The van der Waals surface area contributed by atoms with Crippen molar-refractivity contribution in [2.24, 2.45) is 4.99 Å². The number of para-hydroxylation sites is 1. The van der Waals surface area contributed by atoms with Crippen molar-refractivity contribution in [1.82, 2.24) is 10.6 Å². The lowest BCUT2D eigenvalue weighted by Crippen LogP contribution is -2.37. The van der Waals surface area contributed by atoms with Gasteiger partial charge in [-0.2, -0.15) is 0 Å². The Morgan fingerprint density at radius 2 is 2.09 bits per heavy atom. The standard InChI is InChI=1S/C17H19N3OS/c1-18-17(19-9-8-15-6-4-10-22-15)20-12-14-11-13-5-2-3-7-16(13)21-14/h2-7,10-11H,8-9,12H2,1H3,(H2,18,19,20). The summed E-state index contributed by atoms with van der Waals surface area (Å²) < 4.78 is 5.78. The minimum Gasteiger partial charge on any atom is -0.459 e. The first-order valence-corrected chi connectivity index (χ1v) is 8.17. The van der Waals surface area contributed by atoms with Gasteiger partial charge < -0.3 is 15.1 Å². The fourth-order valence-electron chi connectivity index (χ4n) is 2.27. The van der Waals surface area contributed by atoms with Crippen LogP contribution in [0.3, 0.4) is 0 Å². The highest BCUT2D eigenvalue weighted by Gasteiger charge is 2.04. The second-order valence-corrected chi connectivity index (χ2v) is 5.96. The van der Waals surface area contributed by atoms with E-state index in [4.69, 9.17) is 4.42 Å². The number of furan rings is 1. The van der Waals surface area contributed by atoms with E-state index < -0.39 is 0 Å². The number of rotatable bonds is 5. The van der Waals surface area contributed by atoms with Gasteiger partial charge in [0.05, 0.1) is 6.54 Å². The molecule has 5 heteroatoms. The molecule has 1 aromatic carbocycles. The lowest BCUT2D eigenvalue weighted by atomic mass is 10.2. The molecular weight excluding hydrogens is 294 g/mol. The lowest BCUT2D eigenvalue weighted by molar-refractivity contribution is 0.538. The molecule has 0 bridgehead atoms. The number of nitrogens with zero attached hydrogens (tertiary/aromatic N) is 1. The van der Waals surface area contributed by atoms with Crippen molar-refractivity contribution in [3.05, 3.63) is 58.5 Å². The fraction of sp³-hybridized carbons (Fsp3) is 0.235. The van der Waals surface area contributed by atoms with Crippen LogP contribution in [0.4, 0.5) is 0 Å². The van der Waals surface area contributed by atoms with Gasteiger partial charge in [0.2, 0.25) is 0 Å². The fourth-order valence-corrected chi connectivity index (χ4v) is 2.98. The van der Waals surface area contributed by atoms with Crippen LogP contribution in [0.15, 0.2) is 57.3 Å². The molecule has 0 saturated carbocycles. The van der Waals surface area contributed by atoms with Crippen LogP contribution in [0.25, 0.3) is 11.0 Å². The Balaban J connectivity index is 1.50. The maximum absolute atomic E-state index is 5.78. The van der Waals surface area contributed by atoms with E-state index >= 15 is 0 Å². The molecule has 3 rings (SSSR count). The third-order valence-corrected chi connectivity index (χ3v) is 4.31. The summed E-state index contributed by atoms with van der Waals surface area (Å²) in [7, 11) is 1.78. The van der Waals surface area contributed by atoms with E-state index in [1.807, 2.05) is 18.2 Å². The molecule has 0 aliphatic rings. The van der Waals surface area contributed by atoms with E-state index in [9.17, 15) is 0 Å². The average molecular weight is 313 g/mol. The largest absolute Gasteiger partial charge is 0.459 e. The number of benzene rings is 1. The third-order valence-electron chi connectivity index (χ3n) is 3.37. The topological polar surface area (TPSA) is 49.6 Å². The molecule has 0 unspecified atom stereocenters. The highest BCUT2D eigenvalue weighted by atomic mass is 32.1. The molecule has 0 aliphatic carbocycles. The van der Waals surface area contributed by atoms with E-state index in [1.54, 1.807) is 18.4 Å². The van der Waals surface area contributed by atoms with Crippen molar-refractivity contribution in [2.75, 3.05) is 13.6 Å². The van der Waals surface area contributed by atoms with Gasteiger partial charge in [0, 0.05) is 23.9 Å². The number of aliphatic imine (C=N–C) groups is 1. The zero-order valence-electron chi connectivity index (χ0n) is 12.5.